The number of rotatable bonds is 3. The van der Waals surface area contributed by atoms with E-state index >= 15 is 0 Å². The Morgan fingerprint density at radius 1 is 1.29 bits per heavy atom. The molecule has 0 aliphatic carbocycles. The number of hydrogen-bond donors (Lipinski definition) is 1. The minimum absolute atomic E-state index is 0.0700. The van der Waals surface area contributed by atoms with Crippen LogP contribution in [0.25, 0.3) is 0 Å². The Hall–Kier alpha value is -2.43. The van der Waals surface area contributed by atoms with Gasteiger partial charge in [-0.25, -0.2) is 4.79 Å². The van der Waals surface area contributed by atoms with Crippen molar-refractivity contribution in [1.82, 2.24) is 9.97 Å². The minimum atomic E-state index is -1.05. The number of carboxylic acid groups (broad SMARTS) is 1. The molecule has 0 atom stereocenters. The van der Waals surface area contributed by atoms with Gasteiger partial charge < -0.3 is 9.84 Å². The zero-order chi connectivity index (χ0) is 12.3. The van der Waals surface area contributed by atoms with Gasteiger partial charge in [-0.15, -0.1) is 0 Å². The first-order valence-electron chi connectivity index (χ1n) is 4.94. The molecule has 0 aliphatic rings. The summed E-state index contributed by atoms with van der Waals surface area (Å²) in [5.74, 6) is -0.376. The Morgan fingerprint density at radius 2 is 2.12 bits per heavy atom. The highest BCUT2D eigenvalue weighted by Gasteiger charge is 2.11. The van der Waals surface area contributed by atoms with Gasteiger partial charge in [-0.3, -0.25) is 9.97 Å². The van der Waals surface area contributed by atoms with Crippen molar-refractivity contribution in [2.45, 2.75) is 6.92 Å². The molecular formula is C12H10N2O3. The van der Waals surface area contributed by atoms with Crippen LogP contribution in [0.2, 0.25) is 0 Å². The van der Waals surface area contributed by atoms with E-state index in [-0.39, 0.29) is 11.3 Å². The van der Waals surface area contributed by atoms with E-state index in [2.05, 4.69) is 9.97 Å². The minimum Gasteiger partial charge on any atom is -0.478 e. The summed E-state index contributed by atoms with van der Waals surface area (Å²) in [6.45, 7) is 1.86. The lowest BCUT2D eigenvalue weighted by atomic mass is 10.2. The molecule has 2 heterocycles. The van der Waals surface area contributed by atoms with Crippen LogP contribution in [0.1, 0.15) is 16.1 Å². The fourth-order valence-corrected chi connectivity index (χ4v) is 1.28. The van der Waals surface area contributed by atoms with Crippen molar-refractivity contribution >= 4 is 5.97 Å². The molecule has 5 heteroatoms. The smallest absolute Gasteiger partial charge is 0.339 e. The van der Waals surface area contributed by atoms with E-state index in [4.69, 9.17) is 9.84 Å². The number of nitrogens with zero attached hydrogens (tertiary/aromatic N) is 2. The van der Waals surface area contributed by atoms with Crippen molar-refractivity contribution in [2.75, 3.05) is 0 Å². The summed E-state index contributed by atoms with van der Waals surface area (Å²) >= 11 is 0. The monoisotopic (exact) mass is 230 g/mol. The van der Waals surface area contributed by atoms with E-state index in [1.54, 1.807) is 12.1 Å². The van der Waals surface area contributed by atoms with Gasteiger partial charge in [-0.2, -0.15) is 0 Å². The normalized spacial score (nSPS) is 9.94. The zero-order valence-corrected chi connectivity index (χ0v) is 9.12. The number of ether oxygens (including phenoxy) is 1. The van der Waals surface area contributed by atoms with Crippen LogP contribution in [0.3, 0.4) is 0 Å². The summed E-state index contributed by atoms with van der Waals surface area (Å²) < 4.78 is 5.42. The molecular weight excluding hydrogens is 220 g/mol. The third-order valence-electron chi connectivity index (χ3n) is 2.13. The standard InChI is InChI=1S/C12H10N2O3/c1-8-2-3-9(6-14-8)17-11-7-13-5-4-10(11)12(15)16/h2-7H,1H3,(H,15,16). The number of carbonyl (C=O) groups is 1. The maximum Gasteiger partial charge on any atom is 0.339 e. The van der Waals surface area contributed by atoms with Crippen LogP contribution < -0.4 is 4.74 Å². The largest absolute Gasteiger partial charge is 0.478 e. The van der Waals surface area contributed by atoms with Gasteiger partial charge in [0.15, 0.2) is 5.75 Å². The van der Waals surface area contributed by atoms with Crippen LogP contribution >= 0.6 is 0 Å². The van der Waals surface area contributed by atoms with E-state index < -0.39 is 5.97 Å². The molecule has 2 aromatic rings. The Labute approximate surface area is 97.7 Å². The van der Waals surface area contributed by atoms with Crippen molar-refractivity contribution in [3.8, 4) is 11.5 Å². The van der Waals surface area contributed by atoms with Crippen molar-refractivity contribution in [2.24, 2.45) is 0 Å². The number of hydrogen-bond acceptors (Lipinski definition) is 4. The van der Waals surface area contributed by atoms with Crippen LogP contribution in [-0.2, 0) is 0 Å². The molecule has 0 amide bonds. The lowest BCUT2D eigenvalue weighted by molar-refractivity contribution is 0.0694. The fraction of sp³-hybridized carbons (Fsp3) is 0.0833. The molecule has 0 saturated carbocycles. The Morgan fingerprint density at radius 3 is 2.76 bits per heavy atom. The van der Waals surface area contributed by atoms with Gasteiger partial charge in [-0.05, 0) is 25.1 Å². The van der Waals surface area contributed by atoms with Gasteiger partial charge in [0.2, 0.25) is 0 Å². The summed E-state index contributed by atoms with van der Waals surface area (Å²) in [6.07, 6.45) is 4.31. The fourth-order valence-electron chi connectivity index (χ4n) is 1.28. The highest BCUT2D eigenvalue weighted by Crippen LogP contribution is 2.23. The van der Waals surface area contributed by atoms with Gasteiger partial charge >= 0.3 is 5.97 Å². The molecule has 86 valence electrons. The van der Waals surface area contributed by atoms with Gasteiger partial charge in [0.05, 0.1) is 12.4 Å². The third-order valence-corrected chi connectivity index (χ3v) is 2.13. The lowest BCUT2D eigenvalue weighted by Crippen LogP contribution is -2.00. The Kier molecular flexibility index (Phi) is 3.00. The summed E-state index contributed by atoms with van der Waals surface area (Å²) in [6, 6.07) is 4.90. The molecule has 17 heavy (non-hydrogen) atoms. The van der Waals surface area contributed by atoms with Crippen LogP contribution in [0.5, 0.6) is 11.5 Å². The van der Waals surface area contributed by atoms with E-state index in [0.29, 0.717) is 5.75 Å². The van der Waals surface area contributed by atoms with Gasteiger partial charge in [0.25, 0.3) is 0 Å². The van der Waals surface area contributed by atoms with Crippen LogP contribution in [0, 0.1) is 6.92 Å². The maximum absolute atomic E-state index is 10.9. The van der Waals surface area contributed by atoms with Crippen molar-refractivity contribution < 1.29 is 14.6 Å². The second-order valence-electron chi connectivity index (χ2n) is 3.41. The second kappa shape index (κ2) is 4.61. The number of pyridine rings is 2. The summed E-state index contributed by atoms with van der Waals surface area (Å²) in [5, 5.41) is 8.96. The van der Waals surface area contributed by atoms with Crippen molar-refractivity contribution in [3.05, 3.63) is 48.0 Å². The van der Waals surface area contributed by atoms with E-state index in [1.165, 1.54) is 24.7 Å². The zero-order valence-electron chi connectivity index (χ0n) is 9.12. The maximum atomic E-state index is 10.9. The van der Waals surface area contributed by atoms with Crippen LogP contribution in [0.4, 0.5) is 0 Å². The molecule has 0 aromatic carbocycles. The first-order chi connectivity index (χ1) is 8.16. The van der Waals surface area contributed by atoms with Gasteiger partial charge in [0.1, 0.15) is 11.3 Å². The molecule has 2 aromatic heterocycles. The lowest BCUT2D eigenvalue weighted by Gasteiger charge is -2.07. The predicted octanol–water partition coefficient (Wildman–Crippen LogP) is 2.28. The molecule has 0 saturated heterocycles. The van der Waals surface area contributed by atoms with E-state index in [1.807, 2.05) is 6.92 Å². The average Bonchev–Trinajstić information content (AvgIpc) is 2.32. The molecule has 0 bridgehead atoms. The summed E-state index contributed by atoms with van der Waals surface area (Å²) in [4.78, 5) is 18.8. The highest BCUT2D eigenvalue weighted by atomic mass is 16.5. The molecule has 0 spiro atoms. The second-order valence-corrected chi connectivity index (χ2v) is 3.41. The summed E-state index contributed by atoms with van der Waals surface area (Å²) in [7, 11) is 0. The van der Waals surface area contributed by atoms with E-state index in [0.717, 1.165) is 5.69 Å². The van der Waals surface area contributed by atoms with Crippen LogP contribution in [0.15, 0.2) is 36.8 Å². The Bertz CT molecular complexity index is 538. The highest BCUT2D eigenvalue weighted by molar-refractivity contribution is 5.90. The van der Waals surface area contributed by atoms with Gasteiger partial charge in [0, 0.05) is 11.9 Å². The SMILES string of the molecule is Cc1ccc(Oc2cnccc2C(=O)O)cn1. The average molecular weight is 230 g/mol. The molecule has 0 aliphatic heterocycles. The topological polar surface area (TPSA) is 72.3 Å². The van der Waals surface area contributed by atoms with Gasteiger partial charge in [-0.1, -0.05) is 0 Å². The first-order valence-corrected chi connectivity index (χ1v) is 4.94. The van der Waals surface area contributed by atoms with Crippen LogP contribution in [-0.4, -0.2) is 21.0 Å². The quantitative estimate of drug-likeness (QED) is 0.875. The van der Waals surface area contributed by atoms with Crippen molar-refractivity contribution in [1.29, 1.82) is 0 Å². The number of aryl methyl sites for hydroxylation is 1. The first kappa shape index (κ1) is 11.1. The van der Waals surface area contributed by atoms with Crippen molar-refractivity contribution in [3.63, 3.8) is 0 Å². The molecule has 0 fully saturated rings. The molecule has 2 rings (SSSR count). The molecule has 1 N–H and O–H groups in total. The third kappa shape index (κ3) is 2.57. The molecule has 5 nitrogen and oxygen atoms in total. The molecule has 0 unspecified atom stereocenters. The number of aromatic carboxylic acids is 1. The number of carboxylic acids is 1. The number of aromatic nitrogens is 2. The molecule has 0 radical (unpaired) electrons. The summed E-state index contributed by atoms with van der Waals surface area (Å²) in [5.41, 5.74) is 0.933. The Balaban J connectivity index is 2.30. The predicted molar refractivity (Wildman–Crippen MR) is 60.2 cm³/mol. The van der Waals surface area contributed by atoms with E-state index in [9.17, 15) is 4.79 Å².